The standard InChI is InChI=1S/C22H24ClN5O2S/c1-14-19(15(2)28(26-14)13-16-6-3-4-8-18(16)23)21(30)27-10-5-7-17(12-27)20(29)25-22-24-9-11-31-22/h3-4,6,8-9,11,17H,5,7,10,12-13H2,1-2H3,(H,24,25,29). The number of nitrogens with zero attached hydrogens (tertiary/aromatic N) is 4. The summed E-state index contributed by atoms with van der Waals surface area (Å²) in [7, 11) is 0. The predicted molar refractivity (Wildman–Crippen MR) is 122 cm³/mol. The van der Waals surface area contributed by atoms with E-state index in [-0.39, 0.29) is 17.7 Å². The molecule has 0 spiro atoms. The number of benzene rings is 1. The molecule has 0 saturated carbocycles. The molecule has 1 aliphatic heterocycles. The molecule has 7 nitrogen and oxygen atoms in total. The number of piperidine rings is 1. The zero-order valence-corrected chi connectivity index (χ0v) is 19.0. The number of rotatable bonds is 5. The Morgan fingerprint density at radius 1 is 1.29 bits per heavy atom. The minimum Gasteiger partial charge on any atom is -0.338 e. The Kier molecular flexibility index (Phi) is 6.38. The molecule has 2 amide bonds. The molecule has 3 heterocycles. The van der Waals surface area contributed by atoms with Crippen LogP contribution in [0.3, 0.4) is 0 Å². The monoisotopic (exact) mass is 457 g/mol. The summed E-state index contributed by atoms with van der Waals surface area (Å²) in [6, 6.07) is 7.62. The normalized spacial score (nSPS) is 16.4. The van der Waals surface area contributed by atoms with E-state index in [9.17, 15) is 9.59 Å². The first-order valence-electron chi connectivity index (χ1n) is 10.2. The van der Waals surface area contributed by atoms with Crippen molar-refractivity contribution in [3.05, 3.63) is 63.4 Å². The van der Waals surface area contributed by atoms with Crippen molar-refractivity contribution in [3.8, 4) is 0 Å². The molecule has 1 saturated heterocycles. The summed E-state index contributed by atoms with van der Waals surface area (Å²) in [5.41, 5.74) is 3.04. The summed E-state index contributed by atoms with van der Waals surface area (Å²) in [4.78, 5) is 31.9. The first-order valence-corrected chi connectivity index (χ1v) is 11.5. The maximum Gasteiger partial charge on any atom is 0.257 e. The van der Waals surface area contributed by atoms with E-state index in [1.165, 1.54) is 11.3 Å². The lowest BCUT2D eigenvalue weighted by molar-refractivity contribution is -0.121. The van der Waals surface area contributed by atoms with Gasteiger partial charge >= 0.3 is 0 Å². The van der Waals surface area contributed by atoms with Crippen molar-refractivity contribution in [2.24, 2.45) is 5.92 Å². The van der Waals surface area contributed by atoms with E-state index in [0.717, 1.165) is 24.1 Å². The van der Waals surface area contributed by atoms with Crippen molar-refractivity contribution in [1.82, 2.24) is 19.7 Å². The lowest BCUT2D eigenvalue weighted by Crippen LogP contribution is -2.44. The summed E-state index contributed by atoms with van der Waals surface area (Å²) < 4.78 is 1.82. The number of nitrogens with one attached hydrogen (secondary N) is 1. The molecule has 2 aromatic heterocycles. The summed E-state index contributed by atoms with van der Waals surface area (Å²) >= 11 is 7.68. The smallest absolute Gasteiger partial charge is 0.257 e. The molecule has 31 heavy (non-hydrogen) atoms. The van der Waals surface area contributed by atoms with Gasteiger partial charge in [-0.2, -0.15) is 5.10 Å². The van der Waals surface area contributed by atoms with Gasteiger partial charge in [0.15, 0.2) is 5.13 Å². The van der Waals surface area contributed by atoms with E-state index in [4.69, 9.17) is 11.6 Å². The number of aryl methyl sites for hydroxylation is 1. The minimum absolute atomic E-state index is 0.0767. The first-order chi connectivity index (χ1) is 14.9. The molecule has 162 valence electrons. The summed E-state index contributed by atoms with van der Waals surface area (Å²) in [6.07, 6.45) is 3.20. The fraction of sp³-hybridized carbons (Fsp3) is 0.364. The number of halogens is 1. The highest BCUT2D eigenvalue weighted by Crippen LogP contribution is 2.24. The average molecular weight is 458 g/mol. The number of likely N-dealkylation sites (tertiary alicyclic amines) is 1. The van der Waals surface area contributed by atoms with Crippen molar-refractivity contribution >= 4 is 39.9 Å². The number of thiazole rings is 1. The third kappa shape index (κ3) is 4.65. The highest BCUT2D eigenvalue weighted by Gasteiger charge is 2.31. The van der Waals surface area contributed by atoms with Gasteiger partial charge in [0, 0.05) is 35.4 Å². The molecule has 1 unspecified atom stereocenters. The molecule has 1 fully saturated rings. The molecule has 0 radical (unpaired) electrons. The van der Waals surface area contributed by atoms with Crippen molar-refractivity contribution < 1.29 is 9.59 Å². The third-order valence-electron chi connectivity index (χ3n) is 5.62. The maximum absolute atomic E-state index is 13.4. The van der Waals surface area contributed by atoms with E-state index >= 15 is 0 Å². The van der Waals surface area contributed by atoms with Crippen molar-refractivity contribution in [2.75, 3.05) is 18.4 Å². The van der Waals surface area contributed by atoms with Crippen LogP contribution in [0.25, 0.3) is 0 Å². The molecule has 0 aliphatic carbocycles. The SMILES string of the molecule is Cc1nn(Cc2ccccc2Cl)c(C)c1C(=O)N1CCCC(C(=O)Nc2nccs2)C1. The van der Waals surface area contributed by atoms with E-state index in [0.29, 0.717) is 41.0 Å². The fourth-order valence-electron chi connectivity index (χ4n) is 3.97. The van der Waals surface area contributed by atoms with Gasteiger partial charge in [-0.1, -0.05) is 29.8 Å². The maximum atomic E-state index is 13.4. The van der Waals surface area contributed by atoms with Crippen LogP contribution < -0.4 is 5.32 Å². The van der Waals surface area contributed by atoms with E-state index in [1.54, 1.807) is 11.1 Å². The highest BCUT2D eigenvalue weighted by atomic mass is 35.5. The van der Waals surface area contributed by atoms with Gasteiger partial charge < -0.3 is 10.2 Å². The van der Waals surface area contributed by atoms with Gasteiger partial charge in [-0.15, -0.1) is 11.3 Å². The van der Waals surface area contributed by atoms with Crippen LogP contribution in [0, 0.1) is 19.8 Å². The van der Waals surface area contributed by atoms with Gasteiger partial charge in [-0.25, -0.2) is 4.98 Å². The molecule has 9 heteroatoms. The van der Waals surface area contributed by atoms with E-state index in [1.807, 2.05) is 48.2 Å². The second kappa shape index (κ2) is 9.20. The van der Waals surface area contributed by atoms with Crippen LogP contribution in [0.5, 0.6) is 0 Å². The highest BCUT2D eigenvalue weighted by molar-refractivity contribution is 7.13. The average Bonchev–Trinajstić information content (AvgIpc) is 3.37. The van der Waals surface area contributed by atoms with Crippen LogP contribution in [0.1, 0.15) is 40.2 Å². The Hall–Kier alpha value is -2.71. The summed E-state index contributed by atoms with van der Waals surface area (Å²) in [5.74, 6) is -0.414. The van der Waals surface area contributed by atoms with Gasteiger partial charge in [0.1, 0.15) is 0 Å². The van der Waals surface area contributed by atoms with Gasteiger partial charge in [-0.3, -0.25) is 14.3 Å². The summed E-state index contributed by atoms with van der Waals surface area (Å²) in [6.45, 7) is 5.28. The van der Waals surface area contributed by atoms with Gasteiger partial charge in [0.25, 0.3) is 5.91 Å². The van der Waals surface area contributed by atoms with Gasteiger partial charge in [0.2, 0.25) is 5.91 Å². The Balaban J connectivity index is 1.49. The van der Waals surface area contributed by atoms with Crippen LogP contribution in [-0.4, -0.2) is 44.6 Å². The van der Waals surface area contributed by atoms with Crippen molar-refractivity contribution in [1.29, 1.82) is 0 Å². The quantitative estimate of drug-likeness (QED) is 0.624. The Bertz CT molecular complexity index is 1100. The largest absolute Gasteiger partial charge is 0.338 e. The number of hydrogen-bond acceptors (Lipinski definition) is 5. The Morgan fingerprint density at radius 2 is 2.10 bits per heavy atom. The van der Waals surface area contributed by atoms with Crippen molar-refractivity contribution in [3.63, 3.8) is 0 Å². The molecule has 1 aliphatic rings. The number of anilines is 1. The van der Waals surface area contributed by atoms with Gasteiger partial charge in [-0.05, 0) is 38.3 Å². The second-order valence-corrected chi connectivity index (χ2v) is 9.01. The molecule has 0 bridgehead atoms. The van der Waals surface area contributed by atoms with Crippen LogP contribution in [0.15, 0.2) is 35.8 Å². The van der Waals surface area contributed by atoms with Crippen molar-refractivity contribution in [2.45, 2.75) is 33.2 Å². The summed E-state index contributed by atoms with van der Waals surface area (Å²) in [5, 5.41) is 10.5. The Labute approximate surface area is 190 Å². The molecule has 1 atom stereocenters. The number of carbonyl (C=O) groups is 2. The van der Waals surface area contributed by atoms with E-state index in [2.05, 4.69) is 15.4 Å². The predicted octanol–water partition coefficient (Wildman–Crippen LogP) is 4.15. The molecule has 1 aromatic carbocycles. The van der Waals surface area contributed by atoms with Crippen LogP contribution in [0.4, 0.5) is 5.13 Å². The molecular formula is C22H24ClN5O2S. The van der Waals surface area contributed by atoms with E-state index < -0.39 is 0 Å². The second-order valence-electron chi connectivity index (χ2n) is 7.71. The molecule has 4 rings (SSSR count). The minimum atomic E-state index is -0.250. The number of hydrogen-bond donors (Lipinski definition) is 1. The number of carbonyl (C=O) groups excluding carboxylic acids is 2. The number of aromatic nitrogens is 3. The van der Waals surface area contributed by atoms with Crippen LogP contribution in [-0.2, 0) is 11.3 Å². The first kappa shape index (κ1) is 21.5. The molecule has 1 N–H and O–H groups in total. The van der Waals surface area contributed by atoms with Crippen LogP contribution in [0.2, 0.25) is 5.02 Å². The number of amides is 2. The lowest BCUT2D eigenvalue weighted by atomic mass is 9.96. The molecular weight excluding hydrogens is 434 g/mol. The Morgan fingerprint density at radius 3 is 2.84 bits per heavy atom. The zero-order chi connectivity index (χ0) is 22.0. The third-order valence-corrected chi connectivity index (χ3v) is 6.67. The van der Waals surface area contributed by atoms with Crippen LogP contribution >= 0.6 is 22.9 Å². The topological polar surface area (TPSA) is 80.1 Å². The lowest BCUT2D eigenvalue weighted by Gasteiger charge is -2.32. The zero-order valence-electron chi connectivity index (χ0n) is 17.5. The molecule has 3 aromatic rings. The fourth-order valence-corrected chi connectivity index (χ4v) is 4.70. The van der Waals surface area contributed by atoms with Gasteiger partial charge in [0.05, 0.1) is 23.7 Å².